The topological polar surface area (TPSA) is 49.4 Å². The second-order valence-electron chi connectivity index (χ2n) is 7.02. The van der Waals surface area contributed by atoms with E-state index in [-0.39, 0.29) is 11.8 Å². The van der Waals surface area contributed by atoms with E-state index in [1.165, 1.54) is 23.4 Å². The summed E-state index contributed by atoms with van der Waals surface area (Å²) in [4.78, 5) is 28.2. The Bertz CT molecular complexity index is 871. The van der Waals surface area contributed by atoms with Crippen LogP contribution in [0.4, 0.5) is 5.69 Å². The Kier molecular flexibility index (Phi) is 5.30. The van der Waals surface area contributed by atoms with Gasteiger partial charge < -0.3 is 10.2 Å². The highest BCUT2D eigenvalue weighted by atomic mass is 32.2. The molecular weight excluding hydrogens is 356 g/mol. The summed E-state index contributed by atoms with van der Waals surface area (Å²) in [5.41, 5.74) is 2.16. The second kappa shape index (κ2) is 8.01. The molecule has 0 saturated carbocycles. The van der Waals surface area contributed by atoms with Gasteiger partial charge in [-0.25, -0.2) is 0 Å². The summed E-state index contributed by atoms with van der Waals surface area (Å²) in [7, 11) is 0. The minimum absolute atomic E-state index is 0.0646. The normalized spacial score (nSPS) is 18.9. The number of carbonyl (C=O) groups excluding carboxylic acids is 2. The summed E-state index contributed by atoms with van der Waals surface area (Å²) in [6.07, 6.45) is 4.57. The van der Waals surface area contributed by atoms with Gasteiger partial charge in [-0.05, 0) is 42.9 Å². The van der Waals surface area contributed by atoms with E-state index >= 15 is 0 Å². The Hall–Kier alpha value is -2.53. The number of amides is 2. The van der Waals surface area contributed by atoms with E-state index in [2.05, 4.69) is 29.6 Å². The fourth-order valence-electron chi connectivity index (χ4n) is 3.61. The summed E-state index contributed by atoms with van der Waals surface area (Å²) < 4.78 is 0. The molecule has 2 aromatic rings. The summed E-state index contributed by atoms with van der Waals surface area (Å²) in [6, 6.07) is 18.2. The first-order chi connectivity index (χ1) is 13.2. The van der Waals surface area contributed by atoms with Crippen molar-refractivity contribution in [3.05, 3.63) is 71.1 Å². The molecule has 0 aliphatic carbocycles. The highest BCUT2D eigenvalue weighted by Crippen LogP contribution is 2.37. The molecule has 2 aromatic carbocycles. The number of rotatable bonds is 3. The van der Waals surface area contributed by atoms with Crippen molar-refractivity contribution in [2.45, 2.75) is 24.2 Å². The lowest BCUT2D eigenvalue weighted by molar-refractivity contribution is -0.127. The van der Waals surface area contributed by atoms with Crippen molar-refractivity contribution in [1.29, 1.82) is 0 Å². The lowest BCUT2D eigenvalue weighted by Crippen LogP contribution is -2.38. The van der Waals surface area contributed by atoms with E-state index in [4.69, 9.17) is 0 Å². The quantitative estimate of drug-likeness (QED) is 0.818. The van der Waals surface area contributed by atoms with E-state index in [0.29, 0.717) is 10.8 Å². The van der Waals surface area contributed by atoms with Gasteiger partial charge in [-0.2, -0.15) is 0 Å². The molecule has 2 amide bonds. The Morgan fingerprint density at radius 2 is 1.78 bits per heavy atom. The van der Waals surface area contributed by atoms with Crippen LogP contribution in [0.1, 0.15) is 18.4 Å². The predicted molar refractivity (Wildman–Crippen MR) is 108 cm³/mol. The zero-order valence-electron chi connectivity index (χ0n) is 15.1. The number of hydrogen-bond donors (Lipinski definition) is 1. The number of piperidine rings is 1. The molecule has 2 aliphatic heterocycles. The number of para-hydroxylation sites is 1. The van der Waals surface area contributed by atoms with Crippen LogP contribution in [-0.4, -0.2) is 29.8 Å². The number of carbonyl (C=O) groups is 2. The predicted octanol–water partition coefficient (Wildman–Crippen LogP) is 4.10. The lowest BCUT2D eigenvalue weighted by Gasteiger charge is -2.31. The van der Waals surface area contributed by atoms with Crippen molar-refractivity contribution in [3.63, 3.8) is 0 Å². The van der Waals surface area contributed by atoms with Crippen LogP contribution in [-0.2, 0) is 16.0 Å². The van der Waals surface area contributed by atoms with Gasteiger partial charge in [0.05, 0.1) is 10.6 Å². The molecular formula is C22H22N2O2S. The van der Waals surface area contributed by atoms with Gasteiger partial charge in [0.1, 0.15) is 0 Å². The van der Waals surface area contributed by atoms with Gasteiger partial charge in [0, 0.05) is 24.1 Å². The van der Waals surface area contributed by atoms with Gasteiger partial charge >= 0.3 is 0 Å². The third-order valence-electron chi connectivity index (χ3n) is 5.13. The monoisotopic (exact) mass is 378 g/mol. The minimum atomic E-state index is -0.203. The maximum atomic E-state index is 12.6. The molecule has 0 aromatic heterocycles. The van der Waals surface area contributed by atoms with Gasteiger partial charge in [-0.15, -0.1) is 0 Å². The first kappa shape index (κ1) is 17.9. The van der Waals surface area contributed by atoms with Crippen molar-refractivity contribution in [2.75, 3.05) is 18.4 Å². The van der Waals surface area contributed by atoms with E-state index in [9.17, 15) is 9.59 Å². The van der Waals surface area contributed by atoms with Crippen LogP contribution < -0.4 is 5.32 Å². The first-order valence-corrected chi connectivity index (χ1v) is 10.1. The number of likely N-dealkylation sites (tertiary alicyclic amines) is 1. The van der Waals surface area contributed by atoms with Crippen LogP contribution in [0.5, 0.6) is 0 Å². The SMILES string of the molecule is O=C1Nc2ccccc2SC1=CC(=O)N1CCC(Cc2ccccc2)CC1. The minimum Gasteiger partial charge on any atom is -0.339 e. The highest BCUT2D eigenvalue weighted by molar-refractivity contribution is 8.04. The van der Waals surface area contributed by atoms with Crippen LogP contribution >= 0.6 is 11.8 Å². The number of thioether (sulfide) groups is 1. The number of nitrogens with one attached hydrogen (secondary N) is 1. The van der Waals surface area contributed by atoms with Crippen molar-refractivity contribution in [2.24, 2.45) is 5.92 Å². The van der Waals surface area contributed by atoms with Gasteiger partial charge in [0.2, 0.25) is 5.91 Å². The molecule has 4 nitrogen and oxygen atoms in total. The summed E-state index contributed by atoms with van der Waals surface area (Å²) in [5, 5.41) is 2.85. The second-order valence-corrected chi connectivity index (χ2v) is 8.10. The summed E-state index contributed by atoms with van der Waals surface area (Å²) >= 11 is 1.36. The fraction of sp³-hybridized carbons (Fsp3) is 0.273. The van der Waals surface area contributed by atoms with E-state index in [1.54, 1.807) is 0 Å². The molecule has 0 radical (unpaired) electrons. The number of benzene rings is 2. The van der Waals surface area contributed by atoms with E-state index in [0.717, 1.165) is 42.9 Å². The Morgan fingerprint density at radius 1 is 1.07 bits per heavy atom. The maximum absolute atomic E-state index is 12.6. The van der Waals surface area contributed by atoms with E-state index in [1.807, 2.05) is 35.2 Å². The number of nitrogens with zero attached hydrogens (tertiary/aromatic N) is 1. The van der Waals surface area contributed by atoms with Gasteiger partial charge in [-0.3, -0.25) is 9.59 Å². The smallest absolute Gasteiger partial charge is 0.262 e. The molecule has 138 valence electrons. The molecule has 2 aliphatic rings. The number of anilines is 1. The zero-order valence-corrected chi connectivity index (χ0v) is 15.9. The van der Waals surface area contributed by atoms with Crippen molar-refractivity contribution >= 4 is 29.3 Å². The Balaban J connectivity index is 1.36. The maximum Gasteiger partial charge on any atom is 0.262 e. The van der Waals surface area contributed by atoms with Crippen LogP contribution in [0.25, 0.3) is 0 Å². The molecule has 1 N–H and O–H groups in total. The Morgan fingerprint density at radius 3 is 2.56 bits per heavy atom. The van der Waals surface area contributed by atoms with Crippen molar-refractivity contribution < 1.29 is 9.59 Å². The highest BCUT2D eigenvalue weighted by Gasteiger charge is 2.25. The molecule has 0 unspecified atom stereocenters. The van der Waals surface area contributed by atoms with Gasteiger partial charge in [0.25, 0.3) is 5.91 Å². The molecule has 27 heavy (non-hydrogen) atoms. The van der Waals surface area contributed by atoms with Crippen LogP contribution in [0.3, 0.4) is 0 Å². The summed E-state index contributed by atoms with van der Waals surface area (Å²) in [6.45, 7) is 1.51. The molecule has 1 fully saturated rings. The lowest BCUT2D eigenvalue weighted by atomic mass is 9.90. The largest absolute Gasteiger partial charge is 0.339 e. The van der Waals surface area contributed by atoms with Crippen LogP contribution in [0.2, 0.25) is 0 Å². The third-order valence-corrected chi connectivity index (χ3v) is 6.23. The fourth-order valence-corrected chi connectivity index (χ4v) is 4.53. The van der Waals surface area contributed by atoms with Gasteiger partial charge in [0.15, 0.2) is 0 Å². The molecule has 0 bridgehead atoms. The van der Waals surface area contributed by atoms with Crippen molar-refractivity contribution in [3.8, 4) is 0 Å². The average molecular weight is 378 g/mol. The van der Waals surface area contributed by atoms with Gasteiger partial charge in [-0.1, -0.05) is 54.2 Å². The summed E-state index contributed by atoms with van der Waals surface area (Å²) in [5.74, 6) is 0.347. The van der Waals surface area contributed by atoms with Crippen LogP contribution in [0, 0.1) is 5.92 Å². The molecule has 0 spiro atoms. The van der Waals surface area contributed by atoms with Crippen LogP contribution in [0.15, 0.2) is 70.5 Å². The third kappa shape index (κ3) is 4.25. The standard InChI is InChI=1S/C22H22N2O2S/c25-21(15-20-22(26)23-18-8-4-5-9-19(18)27-20)24-12-10-17(11-13-24)14-16-6-2-1-3-7-16/h1-9,15,17H,10-14H2,(H,23,26). The zero-order chi connectivity index (χ0) is 18.6. The Labute approximate surface area is 163 Å². The molecule has 4 rings (SSSR count). The van der Waals surface area contributed by atoms with E-state index < -0.39 is 0 Å². The molecule has 2 heterocycles. The number of fused-ring (bicyclic) bond motifs is 1. The van der Waals surface area contributed by atoms with Crippen molar-refractivity contribution in [1.82, 2.24) is 4.90 Å². The molecule has 5 heteroatoms. The molecule has 1 saturated heterocycles. The first-order valence-electron chi connectivity index (χ1n) is 9.32. The average Bonchev–Trinajstić information content (AvgIpc) is 2.70. The molecule has 0 atom stereocenters. The number of hydrogen-bond acceptors (Lipinski definition) is 3.